The van der Waals surface area contributed by atoms with Crippen LogP contribution < -0.4 is 41.4 Å². The van der Waals surface area contributed by atoms with E-state index in [9.17, 15) is 38.4 Å². The number of rotatable bonds is 19. The molecule has 0 unspecified atom stereocenters. The SMILES string of the molecule is CC[C@@H](C)C(=O)N[C@H](C(=O)N1C[C@@H](NC(=O)c2ccc(C(=O)N[C@H]3C[C@@H](C(=O)N[C@@H]4CCOc5ccccc54)N(C(=O)[C@@H](CC(=O)[C@H](C)NC)C4CCOCC4)C3)cc2)C[C@H]1C(=O)N[C@@H]1CCOc2ccccc21)C1CCOCC1. The fourth-order valence-electron chi connectivity index (χ4n) is 12.1. The van der Waals surface area contributed by atoms with Crippen molar-refractivity contribution in [2.45, 2.75) is 133 Å². The number of likely N-dealkylation sites (tertiary alicyclic amines) is 2. The average Bonchev–Trinajstić information content (AvgIpc) is 4.12. The maximum Gasteiger partial charge on any atom is 0.251 e. The van der Waals surface area contributed by atoms with Gasteiger partial charge in [0.25, 0.3) is 11.8 Å². The number of likely N-dealkylation sites (N-methyl/N-ethyl adjacent to an activating group) is 1. The fourth-order valence-corrected chi connectivity index (χ4v) is 12.1. The molecule has 3 aromatic carbocycles. The number of Topliss-reactive ketones (excluding diaryl/α,β-unsaturated/α-hetero) is 1. The lowest BCUT2D eigenvalue weighted by Gasteiger charge is -2.35. The van der Waals surface area contributed by atoms with E-state index in [0.29, 0.717) is 96.1 Å². The number of nitrogens with zero attached hydrogens (tertiary/aromatic N) is 2. The minimum absolute atomic E-state index is 0.00499. The number of ketones is 1. The fraction of sp³-hybridized carbons (Fsp3) is 0.567. The highest BCUT2D eigenvalue weighted by molar-refractivity contribution is 5.99. The monoisotopic (exact) mass is 1100 g/mol. The van der Waals surface area contributed by atoms with Gasteiger partial charge in [-0.15, -0.1) is 0 Å². The van der Waals surface area contributed by atoms with Crippen LogP contribution in [0.2, 0.25) is 0 Å². The number of para-hydroxylation sites is 2. The maximum atomic E-state index is 14.9. The van der Waals surface area contributed by atoms with Crippen molar-refractivity contribution < 1.29 is 57.3 Å². The summed E-state index contributed by atoms with van der Waals surface area (Å²) in [6, 6.07) is 15.8. The number of nitrogens with one attached hydrogen (secondary N) is 6. The van der Waals surface area contributed by atoms with E-state index >= 15 is 0 Å². The molecule has 20 heteroatoms. The molecule has 0 aromatic heterocycles. The number of benzene rings is 3. The van der Waals surface area contributed by atoms with Crippen LogP contribution in [0.25, 0.3) is 0 Å². The lowest BCUT2D eigenvalue weighted by Crippen LogP contribution is -2.57. The maximum absolute atomic E-state index is 14.9. The van der Waals surface area contributed by atoms with Crippen LogP contribution in [-0.2, 0) is 38.2 Å². The van der Waals surface area contributed by atoms with E-state index in [4.69, 9.17) is 18.9 Å². The Balaban J connectivity index is 0.896. The van der Waals surface area contributed by atoms with Crippen LogP contribution >= 0.6 is 0 Å². The molecular weight excluding hydrogens is 1020 g/mol. The minimum atomic E-state index is -0.972. The standard InChI is InChI=1S/C60H78N8O12/c1-5-35(2)54(70)66-53(38-20-26-78-27-21-38)60(76)68-34-42(31-49(68)58(74)65-47-23-29-80-52-13-9-7-11-44(47)52)63-56(72)40-16-14-39(15-17-40)55(71)62-41-30-48(57(73)64-46-22-28-79-51-12-8-6-10-43(46)51)67(33-41)59(75)45(32-50(69)36(3)61-4)37-18-24-77-25-19-37/h6-17,35-38,41-42,45-49,53,61H,5,18-34H2,1-4H3,(H,62,71)(H,63,72)(H,64,73)(H,65,74)(H,66,70)/t35-,36+,41+,42+,45+,46-,47-,48+,49+,53+/m1/s1. The average molecular weight is 1100 g/mol. The molecule has 6 aliphatic heterocycles. The molecule has 80 heavy (non-hydrogen) atoms. The Bertz CT molecular complexity index is 2550. The summed E-state index contributed by atoms with van der Waals surface area (Å²) in [5.74, 6) is -2.82. The molecular formula is C60H78N8O12. The summed E-state index contributed by atoms with van der Waals surface area (Å²) >= 11 is 0. The summed E-state index contributed by atoms with van der Waals surface area (Å²) in [6.07, 6.45) is 4.14. The number of ether oxygens (including phenoxy) is 4. The number of amides is 7. The van der Waals surface area contributed by atoms with Crippen molar-refractivity contribution in [3.05, 3.63) is 95.1 Å². The van der Waals surface area contributed by atoms with E-state index < -0.39 is 59.9 Å². The van der Waals surface area contributed by atoms with E-state index in [-0.39, 0.29) is 103 Å². The van der Waals surface area contributed by atoms with Crippen LogP contribution in [0.5, 0.6) is 11.5 Å². The Morgan fingerprint density at radius 3 is 1.51 bits per heavy atom. The molecule has 6 N–H and O–H groups in total. The van der Waals surface area contributed by atoms with Gasteiger partial charge in [0, 0.05) is 105 Å². The van der Waals surface area contributed by atoms with Crippen molar-refractivity contribution in [2.24, 2.45) is 23.7 Å². The van der Waals surface area contributed by atoms with Gasteiger partial charge in [0.15, 0.2) is 0 Å². The van der Waals surface area contributed by atoms with Gasteiger partial charge in [-0.2, -0.15) is 0 Å². The number of fused-ring (bicyclic) bond motifs is 2. The van der Waals surface area contributed by atoms with Gasteiger partial charge in [0.05, 0.1) is 31.3 Å². The Labute approximate surface area is 467 Å². The lowest BCUT2D eigenvalue weighted by molar-refractivity contribution is -0.146. The predicted octanol–water partition coefficient (Wildman–Crippen LogP) is 3.93. The summed E-state index contributed by atoms with van der Waals surface area (Å²) in [6.45, 7) is 8.11. The molecule has 7 amide bonds. The van der Waals surface area contributed by atoms with E-state index in [2.05, 4.69) is 31.9 Å². The van der Waals surface area contributed by atoms with Crippen molar-refractivity contribution in [1.29, 1.82) is 0 Å². The van der Waals surface area contributed by atoms with E-state index in [1.807, 2.05) is 62.4 Å². The molecule has 4 fully saturated rings. The van der Waals surface area contributed by atoms with Crippen LogP contribution in [0.4, 0.5) is 0 Å². The zero-order chi connectivity index (χ0) is 56.5. The van der Waals surface area contributed by atoms with Crippen LogP contribution in [0.3, 0.4) is 0 Å². The molecule has 0 spiro atoms. The van der Waals surface area contributed by atoms with Gasteiger partial charge in [0.2, 0.25) is 29.5 Å². The molecule has 20 nitrogen and oxygen atoms in total. The quantitative estimate of drug-likeness (QED) is 0.0997. The van der Waals surface area contributed by atoms with E-state index in [0.717, 1.165) is 11.1 Å². The zero-order valence-electron chi connectivity index (χ0n) is 46.4. The Morgan fingerprint density at radius 1 is 0.575 bits per heavy atom. The second-order valence-corrected chi connectivity index (χ2v) is 22.4. The van der Waals surface area contributed by atoms with Crippen molar-refractivity contribution in [2.75, 3.05) is 59.8 Å². The first-order chi connectivity index (χ1) is 38.7. The minimum Gasteiger partial charge on any atom is -0.493 e. The third-order valence-corrected chi connectivity index (χ3v) is 17.3. The summed E-state index contributed by atoms with van der Waals surface area (Å²) in [5, 5.41) is 18.5. The van der Waals surface area contributed by atoms with Gasteiger partial charge < -0.3 is 60.6 Å². The first-order valence-corrected chi connectivity index (χ1v) is 28.7. The third-order valence-electron chi connectivity index (χ3n) is 17.3. The molecule has 9 rings (SSSR count). The smallest absolute Gasteiger partial charge is 0.251 e. The molecule has 0 saturated carbocycles. The highest BCUT2D eigenvalue weighted by Gasteiger charge is 2.47. The van der Waals surface area contributed by atoms with Crippen molar-refractivity contribution in [1.82, 2.24) is 41.7 Å². The van der Waals surface area contributed by atoms with Gasteiger partial charge in [0.1, 0.15) is 35.4 Å². The Kier molecular flexibility index (Phi) is 19.2. The Hall–Kier alpha value is -6.90. The molecule has 10 atom stereocenters. The molecule has 4 saturated heterocycles. The largest absolute Gasteiger partial charge is 0.493 e. The zero-order valence-corrected chi connectivity index (χ0v) is 46.4. The van der Waals surface area contributed by atoms with Crippen LogP contribution in [0, 0.1) is 23.7 Å². The Morgan fingerprint density at radius 2 is 1.04 bits per heavy atom. The molecule has 6 aliphatic rings. The molecule has 0 radical (unpaired) electrons. The summed E-state index contributed by atoms with van der Waals surface area (Å²) < 4.78 is 23.0. The normalized spacial score (nSPS) is 24.5. The molecule has 0 aliphatic carbocycles. The van der Waals surface area contributed by atoms with Gasteiger partial charge >= 0.3 is 0 Å². The van der Waals surface area contributed by atoms with Crippen LogP contribution in [0.15, 0.2) is 72.8 Å². The number of carbonyl (C=O) groups is 8. The van der Waals surface area contributed by atoms with E-state index in [1.165, 1.54) is 29.2 Å². The molecule has 0 bridgehead atoms. The first-order valence-electron chi connectivity index (χ1n) is 28.7. The second-order valence-electron chi connectivity index (χ2n) is 22.4. The number of hydrogen-bond donors (Lipinski definition) is 6. The van der Waals surface area contributed by atoms with Crippen molar-refractivity contribution >= 4 is 47.1 Å². The van der Waals surface area contributed by atoms with Gasteiger partial charge in [-0.3, -0.25) is 38.4 Å². The van der Waals surface area contributed by atoms with Crippen LogP contribution in [-0.4, -0.2) is 153 Å². The lowest BCUT2D eigenvalue weighted by atomic mass is 9.81. The summed E-state index contributed by atoms with van der Waals surface area (Å²) in [4.78, 5) is 117. The molecule has 430 valence electrons. The van der Waals surface area contributed by atoms with Crippen molar-refractivity contribution in [3.8, 4) is 11.5 Å². The van der Waals surface area contributed by atoms with Crippen LogP contribution in [0.1, 0.15) is 129 Å². The van der Waals surface area contributed by atoms with Gasteiger partial charge in [-0.25, -0.2) is 0 Å². The highest BCUT2D eigenvalue weighted by Crippen LogP contribution is 2.36. The second kappa shape index (κ2) is 26.6. The van der Waals surface area contributed by atoms with Gasteiger partial charge in [-0.05, 0) is 107 Å². The third kappa shape index (κ3) is 13.5. The summed E-state index contributed by atoms with van der Waals surface area (Å²) in [7, 11) is 1.70. The topological polar surface area (TPSA) is 252 Å². The molecule has 3 aromatic rings. The van der Waals surface area contributed by atoms with Gasteiger partial charge in [-0.1, -0.05) is 50.2 Å². The van der Waals surface area contributed by atoms with E-state index in [1.54, 1.807) is 18.9 Å². The van der Waals surface area contributed by atoms with Crippen molar-refractivity contribution in [3.63, 3.8) is 0 Å². The first kappa shape index (κ1) is 57.8. The predicted molar refractivity (Wildman–Crippen MR) is 294 cm³/mol. The molecule has 6 heterocycles. The number of carbonyl (C=O) groups excluding carboxylic acids is 8. The highest BCUT2D eigenvalue weighted by atomic mass is 16.5. The summed E-state index contributed by atoms with van der Waals surface area (Å²) in [5.41, 5.74) is 2.13. The number of hydrogen-bond acceptors (Lipinski definition) is 13.